The first-order valence-corrected chi connectivity index (χ1v) is 6.94. The SMILES string of the molecule is CCCC[NH2+]CC(NC)N(C=CNCC)CC. The maximum Gasteiger partial charge on any atom is 0.129 e. The van der Waals surface area contributed by atoms with Crippen molar-refractivity contribution in [1.82, 2.24) is 15.5 Å². The largest absolute Gasteiger partial charge is 0.390 e. The van der Waals surface area contributed by atoms with E-state index in [1.165, 1.54) is 19.4 Å². The van der Waals surface area contributed by atoms with Crippen molar-refractivity contribution in [2.75, 3.05) is 33.2 Å². The number of nitrogens with two attached hydrogens (primary N) is 1. The molecule has 102 valence electrons. The lowest BCUT2D eigenvalue weighted by Crippen LogP contribution is -2.88. The van der Waals surface area contributed by atoms with E-state index in [9.17, 15) is 0 Å². The molecule has 17 heavy (non-hydrogen) atoms. The molecule has 0 aromatic rings. The molecule has 0 saturated carbocycles. The summed E-state index contributed by atoms with van der Waals surface area (Å²) in [5, 5.41) is 8.98. The van der Waals surface area contributed by atoms with Gasteiger partial charge in [-0.05, 0) is 27.3 Å². The Morgan fingerprint density at radius 3 is 2.59 bits per heavy atom. The van der Waals surface area contributed by atoms with Crippen molar-refractivity contribution in [2.24, 2.45) is 0 Å². The highest BCUT2D eigenvalue weighted by molar-refractivity contribution is 4.83. The topological polar surface area (TPSA) is 43.9 Å². The fourth-order valence-corrected chi connectivity index (χ4v) is 1.74. The second-order valence-electron chi connectivity index (χ2n) is 4.17. The summed E-state index contributed by atoms with van der Waals surface area (Å²) in [6, 6.07) is 0. The number of nitrogens with one attached hydrogen (secondary N) is 2. The van der Waals surface area contributed by atoms with Crippen molar-refractivity contribution in [3.8, 4) is 0 Å². The normalized spacial score (nSPS) is 12.9. The fraction of sp³-hybridized carbons (Fsp3) is 0.846. The maximum atomic E-state index is 3.37. The molecule has 0 aromatic heterocycles. The highest BCUT2D eigenvalue weighted by Gasteiger charge is 2.12. The smallest absolute Gasteiger partial charge is 0.129 e. The first-order valence-electron chi connectivity index (χ1n) is 6.94. The van der Waals surface area contributed by atoms with Crippen LogP contribution in [0.4, 0.5) is 0 Å². The number of hydrogen-bond donors (Lipinski definition) is 3. The zero-order valence-electron chi connectivity index (χ0n) is 12.0. The van der Waals surface area contributed by atoms with Crippen LogP contribution in [0.2, 0.25) is 0 Å². The number of nitrogens with zero attached hydrogens (tertiary/aromatic N) is 1. The van der Waals surface area contributed by atoms with Crippen LogP contribution in [0.15, 0.2) is 12.4 Å². The first kappa shape index (κ1) is 16.3. The Morgan fingerprint density at radius 1 is 1.29 bits per heavy atom. The second-order valence-corrected chi connectivity index (χ2v) is 4.17. The number of rotatable bonds is 11. The lowest BCUT2D eigenvalue weighted by Gasteiger charge is -2.27. The minimum absolute atomic E-state index is 0.409. The zero-order chi connectivity index (χ0) is 12.9. The van der Waals surface area contributed by atoms with Gasteiger partial charge in [0, 0.05) is 25.5 Å². The van der Waals surface area contributed by atoms with Crippen molar-refractivity contribution in [3.63, 3.8) is 0 Å². The van der Waals surface area contributed by atoms with E-state index < -0.39 is 0 Å². The molecule has 0 radical (unpaired) electrons. The number of hydrogen-bond acceptors (Lipinski definition) is 3. The molecular weight excluding hydrogens is 212 g/mol. The van der Waals surface area contributed by atoms with E-state index in [4.69, 9.17) is 0 Å². The molecule has 1 atom stereocenters. The van der Waals surface area contributed by atoms with E-state index >= 15 is 0 Å². The summed E-state index contributed by atoms with van der Waals surface area (Å²) in [5.41, 5.74) is 0. The average Bonchev–Trinajstić information content (AvgIpc) is 2.36. The van der Waals surface area contributed by atoms with Crippen LogP contribution in [0.5, 0.6) is 0 Å². The minimum atomic E-state index is 0.409. The first-order chi connectivity index (χ1) is 8.29. The molecule has 4 heteroatoms. The molecule has 0 aliphatic rings. The summed E-state index contributed by atoms with van der Waals surface area (Å²) >= 11 is 0. The number of quaternary nitrogens is 1. The fourth-order valence-electron chi connectivity index (χ4n) is 1.74. The highest BCUT2D eigenvalue weighted by atomic mass is 15.3. The molecule has 0 aliphatic carbocycles. The zero-order valence-corrected chi connectivity index (χ0v) is 12.0. The molecule has 0 fully saturated rings. The summed E-state index contributed by atoms with van der Waals surface area (Å²) in [6.07, 6.45) is 7.15. The van der Waals surface area contributed by atoms with Gasteiger partial charge in [0.25, 0.3) is 0 Å². The van der Waals surface area contributed by atoms with Gasteiger partial charge in [-0.3, -0.25) is 5.32 Å². The summed E-state index contributed by atoms with van der Waals surface area (Å²) in [4.78, 5) is 2.32. The summed E-state index contributed by atoms with van der Waals surface area (Å²) in [7, 11) is 2.03. The third kappa shape index (κ3) is 8.05. The Bertz CT molecular complexity index is 182. The van der Waals surface area contributed by atoms with Crippen LogP contribution in [0.3, 0.4) is 0 Å². The highest BCUT2D eigenvalue weighted by Crippen LogP contribution is 1.94. The van der Waals surface area contributed by atoms with Gasteiger partial charge in [-0.25, -0.2) is 0 Å². The van der Waals surface area contributed by atoms with E-state index in [1.807, 2.05) is 13.2 Å². The van der Waals surface area contributed by atoms with Gasteiger partial charge in [0.05, 0.1) is 6.54 Å². The van der Waals surface area contributed by atoms with Crippen molar-refractivity contribution in [1.29, 1.82) is 0 Å². The molecule has 0 heterocycles. The monoisotopic (exact) mass is 243 g/mol. The van der Waals surface area contributed by atoms with Gasteiger partial charge in [-0.1, -0.05) is 13.3 Å². The van der Waals surface area contributed by atoms with Crippen LogP contribution in [0.1, 0.15) is 33.6 Å². The molecule has 1 unspecified atom stereocenters. The Hall–Kier alpha value is -0.740. The minimum Gasteiger partial charge on any atom is -0.390 e. The van der Waals surface area contributed by atoms with Crippen LogP contribution in [-0.4, -0.2) is 44.3 Å². The van der Waals surface area contributed by atoms with E-state index in [-0.39, 0.29) is 0 Å². The van der Waals surface area contributed by atoms with Crippen LogP contribution in [0, 0.1) is 0 Å². The molecule has 0 amide bonds. The van der Waals surface area contributed by atoms with Crippen LogP contribution < -0.4 is 16.0 Å². The summed E-state index contributed by atoms with van der Waals surface area (Å²) in [5.74, 6) is 0. The molecule has 0 aliphatic heterocycles. The predicted molar refractivity (Wildman–Crippen MR) is 74.6 cm³/mol. The predicted octanol–water partition coefficient (Wildman–Crippen LogP) is 0.298. The third-order valence-electron chi connectivity index (χ3n) is 2.84. The molecule has 0 bridgehead atoms. The lowest BCUT2D eigenvalue weighted by molar-refractivity contribution is -0.659. The van der Waals surface area contributed by atoms with E-state index in [1.54, 1.807) is 0 Å². The summed E-state index contributed by atoms with van der Waals surface area (Å²) in [6.45, 7) is 10.8. The van der Waals surface area contributed by atoms with Gasteiger partial charge in [-0.15, -0.1) is 0 Å². The number of unbranched alkanes of at least 4 members (excludes halogenated alkanes) is 1. The van der Waals surface area contributed by atoms with Crippen molar-refractivity contribution < 1.29 is 5.32 Å². The van der Waals surface area contributed by atoms with E-state index in [2.05, 4.69) is 47.8 Å². The number of likely N-dealkylation sites (N-methyl/N-ethyl adjacent to an activating group) is 2. The van der Waals surface area contributed by atoms with Crippen molar-refractivity contribution in [3.05, 3.63) is 12.4 Å². The Morgan fingerprint density at radius 2 is 2.06 bits per heavy atom. The summed E-state index contributed by atoms with van der Waals surface area (Å²) < 4.78 is 0. The second kappa shape index (κ2) is 11.7. The van der Waals surface area contributed by atoms with Gasteiger partial charge in [0.2, 0.25) is 0 Å². The van der Waals surface area contributed by atoms with Crippen molar-refractivity contribution in [2.45, 2.75) is 39.8 Å². The molecule has 0 aromatic carbocycles. The maximum absolute atomic E-state index is 3.37. The van der Waals surface area contributed by atoms with Crippen LogP contribution in [0.25, 0.3) is 0 Å². The third-order valence-corrected chi connectivity index (χ3v) is 2.84. The lowest BCUT2D eigenvalue weighted by atomic mass is 10.3. The average molecular weight is 243 g/mol. The molecular formula is C13H31N4+. The van der Waals surface area contributed by atoms with Gasteiger partial charge >= 0.3 is 0 Å². The van der Waals surface area contributed by atoms with Crippen LogP contribution in [-0.2, 0) is 0 Å². The Labute approximate surface area is 107 Å². The quantitative estimate of drug-likeness (QED) is 0.361. The van der Waals surface area contributed by atoms with Crippen molar-refractivity contribution >= 4 is 0 Å². The van der Waals surface area contributed by atoms with Gasteiger partial charge in [0.15, 0.2) is 0 Å². The molecule has 4 N–H and O–H groups in total. The van der Waals surface area contributed by atoms with E-state index in [0.717, 1.165) is 19.6 Å². The molecule has 4 nitrogen and oxygen atoms in total. The van der Waals surface area contributed by atoms with Gasteiger partial charge < -0.3 is 15.5 Å². The Balaban J connectivity index is 4.00. The Kier molecular flexibility index (Phi) is 11.2. The van der Waals surface area contributed by atoms with Gasteiger partial charge in [-0.2, -0.15) is 0 Å². The molecule has 0 saturated heterocycles. The van der Waals surface area contributed by atoms with Gasteiger partial charge in [0.1, 0.15) is 12.7 Å². The molecule has 0 spiro atoms. The molecule has 0 rings (SSSR count). The van der Waals surface area contributed by atoms with E-state index in [0.29, 0.717) is 6.17 Å². The van der Waals surface area contributed by atoms with Crippen LogP contribution >= 0.6 is 0 Å². The standard InChI is InChI=1S/C13H30N4/c1-5-8-9-16-12-13(14-4)17(7-3)11-10-15-6-2/h10-11,13-16H,5-9,12H2,1-4H3/p+1.